The predicted octanol–water partition coefficient (Wildman–Crippen LogP) is 1.27. The Morgan fingerprint density at radius 2 is 2.12 bits per heavy atom. The molecule has 2 aromatic heterocycles. The van der Waals surface area contributed by atoms with E-state index in [1.807, 2.05) is 26.2 Å². The Morgan fingerprint density at radius 1 is 1.31 bits per heavy atom. The first-order chi connectivity index (χ1) is 7.67. The highest BCUT2D eigenvalue weighted by Crippen LogP contribution is 2.16. The van der Waals surface area contributed by atoms with Crippen LogP contribution < -0.4 is 10.1 Å². The third kappa shape index (κ3) is 2.28. The monoisotopic (exact) mass is 219 g/mol. The van der Waals surface area contributed by atoms with Crippen molar-refractivity contribution < 1.29 is 4.74 Å². The third-order valence-electron chi connectivity index (χ3n) is 1.99. The molecule has 0 aromatic carbocycles. The Labute approximate surface area is 93.3 Å². The van der Waals surface area contributed by atoms with Crippen LogP contribution in [0.2, 0.25) is 0 Å². The molecule has 2 rings (SSSR count). The van der Waals surface area contributed by atoms with E-state index >= 15 is 0 Å². The first-order valence-corrected chi connectivity index (χ1v) is 4.84. The van der Waals surface area contributed by atoms with Crippen LogP contribution in [-0.2, 0) is 7.05 Å². The van der Waals surface area contributed by atoms with Gasteiger partial charge in [-0.15, -0.1) is 0 Å². The second-order valence-corrected chi connectivity index (χ2v) is 3.34. The maximum Gasteiger partial charge on any atom is 0.218 e. The highest BCUT2D eigenvalue weighted by molar-refractivity contribution is 5.52. The topological polar surface area (TPSA) is 64.9 Å². The molecule has 0 saturated heterocycles. The van der Waals surface area contributed by atoms with E-state index in [2.05, 4.69) is 20.4 Å². The van der Waals surface area contributed by atoms with Crippen molar-refractivity contribution in [2.75, 3.05) is 12.4 Å². The largest absolute Gasteiger partial charge is 0.481 e. The van der Waals surface area contributed by atoms with Crippen LogP contribution in [0.15, 0.2) is 18.3 Å². The summed E-state index contributed by atoms with van der Waals surface area (Å²) in [5.41, 5.74) is 0. The van der Waals surface area contributed by atoms with Gasteiger partial charge in [0, 0.05) is 25.4 Å². The van der Waals surface area contributed by atoms with E-state index < -0.39 is 0 Å². The van der Waals surface area contributed by atoms with E-state index in [0.717, 1.165) is 5.82 Å². The van der Waals surface area contributed by atoms with Crippen LogP contribution in [0, 0.1) is 6.92 Å². The number of aromatic nitrogens is 4. The molecular formula is C10H13N5O. The first kappa shape index (κ1) is 10.4. The SMILES string of the molecule is COc1cc(Nc2ccn(C)n2)nc(C)n1. The number of ether oxygens (including phenoxy) is 1. The van der Waals surface area contributed by atoms with Gasteiger partial charge in [0.1, 0.15) is 11.6 Å². The molecule has 0 aliphatic carbocycles. The third-order valence-corrected chi connectivity index (χ3v) is 1.99. The molecule has 16 heavy (non-hydrogen) atoms. The summed E-state index contributed by atoms with van der Waals surface area (Å²) in [5.74, 6) is 2.59. The number of hydrogen-bond acceptors (Lipinski definition) is 5. The summed E-state index contributed by atoms with van der Waals surface area (Å²) in [6.07, 6.45) is 1.85. The summed E-state index contributed by atoms with van der Waals surface area (Å²) in [7, 11) is 3.43. The fourth-order valence-corrected chi connectivity index (χ4v) is 1.32. The van der Waals surface area contributed by atoms with Gasteiger partial charge in [0.25, 0.3) is 0 Å². The van der Waals surface area contributed by atoms with Gasteiger partial charge in [0.15, 0.2) is 5.82 Å². The molecule has 0 saturated carbocycles. The van der Waals surface area contributed by atoms with E-state index in [0.29, 0.717) is 17.5 Å². The lowest BCUT2D eigenvalue weighted by Crippen LogP contribution is -2.00. The molecular weight excluding hydrogens is 206 g/mol. The van der Waals surface area contributed by atoms with Crippen molar-refractivity contribution in [3.63, 3.8) is 0 Å². The minimum Gasteiger partial charge on any atom is -0.481 e. The lowest BCUT2D eigenvalue weighted by molar-refractivity contribution is 0.396. The quantitative estimate of drug-likeness (QED) is 0.842. The molecule has 0 bridgehead atoms. The lowest BCUT2D eigenvalue weighted by atomic mass is 10.5. The van der Waals surface area contributed by atoms with E-state index in [1.165, 1.54) is 0 Å². The minimum absolute atomic E-state index is 0.533. The molecule has 0 fully saturated rings. The van der Waals surface area contributed by atoms with Crippen LogP contribution in [0.25, 0.3) is 0 Å². The molecule has 2 heterocycles. The molecule has 84 valence electrons. The zero-order chi connectivity index (χ0) is 11.5. The zero-order valence-electron chi connectivity index (χ0n) is 9.43. The average Bonchev–Trinajstić information content (AvgIpc) is 2.63. The van der Waals surface area contributed by atoms with Crippen molar-refractivity contribution in [3.8, 4) is 5.88 Å². The molecule has 0 aliphatic rings. The van der Waals surface area contributed by atoms with Crippen molar-refractivity contribution in [2.24, 2.45) is 7.05 Å². The van der Waals surface area contributed by atoms with Crippen molar-refractivity contribution >= 4 is 11.6 Å². The van der Waals surface area contributed by atoms with Gasteiger partial charge in [-0.25, -0.2) is 4.98 Å². The maximum atomic E-state index is 5.06. The number of nitrogens with one attached hydrogen (secondary N) is 1. The summed E-state index contributed by atoms with van der Waals surface area (Å²) >= 11 is 0. The number of hydrogen-bond donors (Lipinski definition) is 1. The fraction of sp³-hybridized carbons (Fsp3) is 0.300. The summed E-state index contributed by atoms with van der Waals surface area (Å²) < 4.78 is 6.78. The van der Waals surface area contributed by atoms with Crippen LogP contribution in [0.4, 0.5) is 11.6 Å². The van der Waals surface area contributed by atoms with Crippen molar-refractivity contribution in [3.05, 3.63) is 24.2 Å². The molecule has 6 heteroatoms. The number of anilines is 2. The lowest BCUT2D eigenvalue weighted by Gasteiger charge is -2.05. The molecule has 0 spiro atoms. The minimum atomic E-state index is 0.533. The van der Waals surface area contributed by atoms with Gasteiger partial charge in [0.05, 0.1) is 7.11 Å². The predicted molar refractivity (Wildman–Crippen MR) is 59.8 cm³/mol. The standard InChI is InChI=1S/C10H13N5O/c1-7-11-9(6-10(12-7)16-3)13-8-4-5-15(2)14-8/h4-6H,1-3H3,(H,11,12,13,14). The second-order valence-electron chi connectivity index (χ2n) is 3.34. The normalized spacial score (nSPS) is 10.2. The average molecular weight is 219 g/mol. The van der Waals surface area contributed by atoms with Gasteiger partial charge in [-0.05, 0) is 6.92 Å². The molecule has 6 nitrogen and oxygen atoms in total. The molecule has 0 atom stereocenters. The second kappa shape index (κ2) is 4.18. The first-order valence-electron chi connectivity index (χ1n) is 4.84. The van der Waals surface area contributed by atoms with Crippen LogP contribution in [0.1, 0.15) is 5.82 Å². The van der Waals surface area contributed by atoms with Gasteiger partial charge >= 0.3 is 0 Å². The molecule has 0 unspecified atom stereocenters. The maximum absolute atomic E-state index is 5.06. The summed E-state index contributed by atoms with van der Waals surface area (Å²) in [6, 6.07) is 3.59. The molecule has 1 N–H and O–H groups in total. The molecule has 0 radical (unpaired) electrons. The van der Waals surface area contributed by atoms with Gasteiger partial charge < -0.3 is 10.1 Å². The highest BCUT2D eigenvalue weighted by atomic mass is 16.5. The van der Waals surface area contributed by atoms with Crippen LogP contribution in [-0.4, -0.2) is 26.9 Å². The van der Waals surface area contributed by atoms with Crippen molar-refractivity contribution in [1.29, 1.82) is 0 Å². The summed E-state index contributed by atoms with van der Waals surface area (Å²) in [4.78, 5) is 8.34. The number of rotatable bonds is 3. The van der Waals surface area contributed by atoms with Crippen LogP contribution in [0.3, 0.4) is 0 Å². The fourth-order valence-electron chi connectivity index (χ4n) is 1.32. The van der Waals surface area contributed by atoms with Gasteiger partial charge in [0.2, 0.25) is 5.88 Å². The van der Waals surface area contributed by atoms with E-state index in [4.69, 9.17) is 4.74 Å². The van der Waals surface area contributed by atoms with E-state index in [-0.39, 0.29) is 0 Å². The Kier molecular flexibility index (Phi) is 2.72. The Bertz CT molecular complexity index is 494. The Hall–Kier alpha value is -2.11. The van der Waals surface area contributed by atoms with Crippen molar-refractivity contribution in [1.82, 2.24) is 19.7 Å². The smallest absolute Gasteiger partial charge is 0.218 e. The number of nitrogens with zero attached hydrogens (tertiary/aromatic N) is 4. The van der Waals surface area contributed by atoms with E-state index in [9.17, 15) is 0 Å². The van der Waals surface area contributed by atoms with Gasteiger partial charge in [-0.1, -0.05) is 0 Å². The molecule has 2 aromatic rings. The molecule has 0 aliphatic heterocycles. The Morgan fingerprint density at radius 3 is 2.75 bits per heavy atom. The Balaban J connectivity index is 2.24. The highest BCUT2D eigenvalue weighted by Gasteiger charge is 2.03. The van der Waals surface area contributed by atoms with Gasteiger partial charge in [-0.2, -0.15) is 10.1 Å². The van der Waals surface area contributed by atoms with Crippen LogP contribution >= 0.6 is 0 Å². The number of methoxy groups -OCH3 is 1. The van der Waals surface area contributed by atoms with Crippen molar-refractivity contribution in [2.45, 2.75) is 6.92 Å². The number of aryl methyl sites for hydroxylation is 2. The van der Waals surface area contributed by atoms with Gasteiger partial charge in [-0.3, -0.25) is 4.68 Å². The summed E-state index contributed by atoms with van der Waals surface area (Å²) in [5, 5.41) is 7.27. The summed E-state index contributed by atoms with van der Waals surface area (Å²) in [6.45, 7) is 1.81. The van der Waals surface area contributed by atoms with E-state index in [1.54, 1.807) is 17.9 Å². The molecule has 0 amide bonds. The zero-order valence-corrected chi connectivity index (χ0v) is 9.43. The van der Waals surface area contributed by atoms with Crippen LogP contribution in [0.5, 0.6) is 5.88 Å².